The van der Waals surface area contributed by atoms with Crippen LogP contribution >= 0.6 is 0 Å². The fourth-order valence-electron chi connectivity index (χ4n) is 2.90. The van der Waals surface area contributed by atoms with Gasteiger partial charge in [-0.25, -0.2) is 0 Å². The Morgan fingerprint density at radius 3 is 2.95 bits per heavy atom. The van der Waals surface area contributed by atoms with E-state index in [2.05, 4.69) is 11.8 Å². The van der Waals surface area contributed by atoms with Crippen LogP contribution in [0.25, 0.3) is 0 Å². The van der Waals surface area contributed by atoms with Gasteiger partial charge in [0.2, 0.25) is 0 Å². The van der Waals surface area contributed by atoms with Crippen molar-refractivity contribution in [3.8, 4) is 5.75 Å². The lowest BCUT2D eigenvalue weighted by Gasteiger charge is -2.34. The summed E-state index contributed by atoms with van der Waals surface area (Å²) in [5.41, 5.74) is 7.44. The fraction of sp³-hybridized carbons (Fsp3) is 0.625. The van der Waals surface area contributed by atoms with E-state index in [1.807, 2.05) is 24.3 Å². The average Bonchev–Trinajstić information content (AvgIpc) is 2.48. The van der Waals surface area contributed by atoms with Crippen LogP contribution in [0.1, 0.15) is 31.4 Å². The Labute approximate surface area is 121 Å². The summed E-state index contributed by atoms with van der Waals surface area (Å²) in [6.45, 7) is 5.78. The minimum absolute atomic E-state index is 0.0217. The zero-order valence-electron chi connectivity index (χ0n) is 12.5. The number of ether oxygens (including phenoxy) is 2. The predicted octanol–water partition coefficient (Wildman–Crippen LogP) is 2.20. The third-order valence-corrected chi connectivity index (χ3v) is 3.86. The molecule has 0 aromatic heterocycles. The maximum absolute atomic E-state index is 6.36. The smallest absolute Gasteiger partial charge is 0.123 e. The Morgan fingerprint density at radius 1 is 1.40 bits per heavy atom. The molecule has 0 amide bonds. The molecule has 1 aromatic rings. The number of nitrogens with two attached hydrogens (primary N) is 1. The molecule has 2 unspecified atom stereocenters. The number of para-hydroxylation sites is 1. The molecule has 1 heterocycles. The summed E-state index contributed by atoms with van der Waals surface area (Å²) < 4.78 is 11.1. The van der Waals surface area contributed by atoms with Gasteiger partial charge in [0.15, 0.2) is 0 Å². The van der Waals surface area contributed by atoms with Crippen molar-refractivity contribution >= 4 is 0 Å². The monoisotopic (exact) mass is 278 g/mol. The van der Waals surface area contributed by atoms with Crippen LogP contribution in [0.3, 0.4) is 0 Å². The van der Waals surface area contributed by atoms with Gasteiger partial charge in [-0.3, -0.25) is 4.90 Å². The molecule has 2 rings (SSSR count). The third-order valence-electron chi connectivity index (χ3n) is 3.86. The van der Waals surface area contributed by atoms with Gasteiger partial charge < -0.3 is 15.2 Å². The average molecular weight is 278 g/mol. The van der Waals surface area contributed by atoms with Gasteiger partial charge in [0.1, 0.15) is 5.75 Å². The Morgan fingerprint density at radius 2 is 2.20 bits per heavy atom. The second kappa shape index (κ2) is 7.62. The highest BCUT2D eigenvalue weighted by molar-refractivity contribution is 5.35. The first-order valence-electron chi connectivity index (χ1n) is 7.47. The van der Waals surface area contributed by atoms with Crippen molar-refractivity contribution in [2.45, 2.75) is 31.9 Å². The number of rotatable bonds is 6. The Kier molecular flexibility index (Phi) is 5.83. The highest BCUT2D eigenvalue weighted by atomic mass is 16.5. The largest absolute Gasteiger partial charge is 0.496 e. The van der Waals surface area contributed by atoms with Gasteiger partial charge in [-0.05, 0) is 32.4 Å². The first kappa shape index (κ1) is 15.3. The van der Waals surface area contributed by atoms with Crippen LogP contribution in [0.4, 0.5) is 0 Å². The lowest BCUT2D eigenvalue weighted by Crippen LogP contribution is -2.43. The van der Waals surface area contributed by atoms with Crippen LogP contribution in [0.2, 0.25) is 0 Å². The van der Waals surface area contributed by atoms with Crippen molar-refractivity contribution < 1.29 is 9.47 Å². The van der Waals surface area contributed by atoms with Crippen LogP contribution < -0.4 is 10.5 Å². The number of hydrogen-bond donors (Lipinski definition) is 1. The van der Waals surface area contributed by atoms with E-state index in [-0.39, 0.29) is 6.04 Å². The maximum atomic E-state index is 6.36. The molecule has 2 N–H and O–H groups in total. The number of piperidine rings is 1. The van der Waals surface area contributed by atoms with Crippen molar-refractivity contribution in [1.82, 2.24) is 4.90 Å². The topological polar surface area (TPSA) is 47.7 Å². The van der Waals surface area contributed by atoms with E-state index in [4.69, 9.17) is 15.2 Å². The molecule has 1 fully saturated rings. The first-order valence-corrected chi connectivity index (χ1v) is 7.47. The SMILES string of the molecule is CCOC1CCCN(CC(N)c2ccccc2OC)C1. The Bertz CT molecular complexity index is 409. The molecular formula is C16H26N2O2. The van der Waals surface area contributed by atoms with Crippen LogP contribution in [-0.2, 0) is 4.74 Å². The molecule has 112 valence electrons. The molecule has 1 saturated heterocycles. The van der Waals surface area contributed by atoms with Gasteiger partial charge in [0.05, 0.1) is 13.2 Å². The van der Waals surface area contributed by atoms with E-state index in [0.717, 1.165) is 44.0 Å². The molecule has 0 aliphatic carbocycles. The fourth-order valence-corrected chi connectivity index (χ4v) is 2.90. The lowest BCUT2D eigenvalue weighted by molar-refractivity contribution is 0.00445. The summed E-state index contributed by atoms with van der Waals surface area (Å²) in [5.74, 6) is 0.873. The quantitative estimate of drug-likeness (QED) is 0.866. The maximum Gasteiger partial charge on any atom is 0.123 e. The second-order valence-electron chi connectivity index (χ2n) is 5.33. The summed E-state index contributed by atoms with van der Waals surface area (Å²) in [5, 5.41) is 0. The molecule has 0 saturated carbocycles. The Hall–Kier alpha value is -1.10. The molecule has 0 spiro atoms. The first-order chi connectivity index (χ1) is 9.74. The van der Waals surface area contributed by atoms with E-state index in [1.54, 1.807) is 7.11 Å². The Balaban J connectivity index is 1.95. The van der Waals surface area contributed by atoms with Gasteiger partial charge in [-0.2, -0.15) is 0 Å². The second-order valence-corrected chi connectivity index (χ2v) is 5.33. The van der Waals surface area contributed by atoms with E-state index in [1.165, 1.54) is 6.42 Å². The van der Waals surface area contributed by atoms with Crippen LogP contribution in [-0.4, -0.2) is 44.4 Å². The summed E-state index contributed by atoms with van der Waals surface area (Å²) in [4.78, 5) is 2.40. The number of likely N-dealkylation sites (tertiary alicyclic amines) is 1. The van der Waals surface area contributed by atoms with E-state index >= 15 is 0 Å². The molecule has 2 atom stereocenters. The standard InChI is InChI=1S/C16H26N2O2/c1-3-20-13-7-6-10-18(11-13)12-15(17)14-8-4-5-9-16(14)19-2/h4-5,8-9,13,15H,3,6-7,10-12,17H2,1-2H3. The van der Waals surface area contributed by atoms with Gasteiger partial charge in [0, 0.05) is 31.3 Å². The van der Waals surface area contributed by atoms with Gasteiger partial charge in [-0.1, -0.05) is 18.2 Å². The highest BCUT2D eigenvalue weighted by Gasteiger charge is 2.22. The van der Waals surface area contributed by atoms with Gasteiger partial charge in [-0.15, -0.1) is 0 Å². The molecule has 1 aliphatic heterocycles. The van der Waals surface area contributed by atoms with Crippen LogP contribution in [0.5, 0.6) is 5.75 Å². The highest BCUT2D eigenvalue weighted by Crippen LogP contribution is 2.25. The normalized spacial score (nSPS) is 21.6. The predicted molar refractivity (Wildman–Crippen MR) is 81.0 cm³/mol. The third kappa shape index (κ3) is 3.95. The molecule has 20 heavy (non-hydrogen) atoms. The van der Waals surface area contributed by atoms with Crippen molar-refractivity contribution in [1.29, 1.82) is 0 Å². The van der Waals surface area contributed by atoms with Gasteiger partial charge >= 0.3 is 0 Å². The summed E-state index contributed by atoms with van der Waals surface area (Å²) >= 11 is 0. The van der Waals surface area contributed by atoms with Crippen molar-refractivity contribution in [3.63, 3.8) is 0 Å². The molecular weight excluding hydrogens is 252 g/mol. The molecule has 0 bridgehead atoms. The molecule has 0 radical (unpaired) electrons. The molecule has 4 nitrogen and oxygen atoms in total. The minimum atomic E-state index is -0.0217. The molecule has 1 aliphatic rings. The number of methoxy groups -OCH3 is 1. The van der Waals surface area contributed by atoms with Gasteiger partial charge in [0.25, 0.3) is 0 Å². The van der Waals surface area contributed by atoms with E-state index in [0.29, 0.717) is 6.10 Å². The minimum Gasteiger partial charge on any atom is -0.496 e. The van der Waals surface area contributed by atoms with E-state index < -0.39 is 0 Å². The van der Waals surface area contributed by atoms with Crippen LogP contribution in [0, 0.1) is 0 Å². The van der Waals surface area contributed by atoms with Crippen molar-refractivity contribution in [2.24, 2.45) is 5.73 Å². The number of hydrogen-bond acceptors (Lipinski definition) is 4. The number of benzene rings is 1. The summed E-state index contributed by atoms with van der Waals surface area (Å²) in [6.07, 6.45) is 2.70. The van der Waals surface area contributed by atoms with Crippen molar-refractivity contribution in [3.05, 3.63) is 29.8 Å². The van der Waals surface area contributed by atoms with Crippen molar-refractivity contribution in [2.75, 3.05) is 33.4 Å². The van der Waals surface area contributed by atoms with E-state index in [9.17, 15) is 0 Å². The molecule has 4 heteroatoms. The molecule has 1 aromatic carbocycles. The van der Waals surface area contributed by atoms with Crippen LogP contribution in [0.15, 0.2) is 24.3 Å². The number of nitrogens with zero attached hydrogens (tertiary/aromatic N) is 1. The lowest BCUT2D eigenvalue weighted by atomic mass is 10.0. The summed E-state index contributed by atoms with van der Waals surface area (Å²) in [6, 6.07) is 7.98. The zero-order valence-corrected chi connectivity index (χ0v) is 12.5. The summed E-state index contributed by atoms with van der Waals surface area (Å²) in [7, 11) is 1.69. The zero-order chi connectivity index (χ0) is 14.4.